The summed E-state index contributed by atoms with van der Waals surface area (Å²) < 4.78 is 10.3. The third kappa shape index (κ3) is 4.26. The average molecular weight is 259 g/mol. The molecule has 1 fully saturated rings. The third-order valence-corrected chi connectivity index (χ3v) is 3.17. The van der Waals surface area contributed by atoms with Crippen LogP contribution < -0.4 is 0 Å². The van der Waals surface area contributed by atoms with E-state index in [1.165, 1.54) is 13.8 Å². The van der Waals surface area contributed by atoms with Crippen molar-refractivity contribution in [1.29, 1.82) is 0 Å². The second kappa shape index (κ2) is 6.48. The molecule has 8 heteroatoms. The number of esters is 1. The lowest BCUT2D eigenvalue weighted by molar-refractivity contribution is -0.151. The van der Waals surface area contributed by atoms with E-state index in [-0.39, 0.29) is 17.0 Å². The number of thioether (sulfide) groups is 1. The van der Waals surface area contributed by atoms with Crippen LogP contribution in [0.4, 0.5) is 0 Å². The Labute approximate surface area is 102 Å². The van der Waals surface area contributed by atoms with Crippen LogP contribution in [0, 0.1) is 0 Å². The third-order valence-electron chi connectivity index (χ3n) is 2.14. The molecule has 1 heterocycles. The molecule has 17 heavy (non-hydrogen) atoms. The molecule has 1 saturated heterocycles. The molecular formula is C9H13N3O4S. The SMILES string of the molecule is CC(=O)O[C@@H]1[C@@H](N=[N+]=[N-])COC[C@H]1SC(C)=O. The van der Waals surface area contributed by atoms with Gasteiger partial charge >= 0.3 is 5.97 Å². The molecule has 0 aromatic rings. The van der Waals surface area contributed by atoms with Gasteiger partial charge in [-0.15, -0.1) is 0 Å². The van der Waals surface area contributed by atoms with Gasteiger partial charge in [-0.05, 0) is 5.53 Å². The largest absolute Gasteiger partial charge is 0.461 e. The van der Waals surface area contributed by atoms with E-state index >= 15 is 0 Å². The van der Waals surface area contributed by atoms with Crippen LogP contribution >= 0.6 is 11.8 Å². The normalized spacial score (nSPS) is 28.0. The fourth-order valence-corrected chi connectivity index (χ4v) is 2.53. The highest BCUT2D eigenvalue weighted by Crippen LogP contribution is 2.26. The Morgan fingerprint density at radius 3 is 2.71 bits per heavy atom. The van der Waals surface area contributed by atoms with E-state index in [0.29, 0.717) is 6.61 Å². The number of hydrogen-bond acceptors (Lipinski definition) is 6. The summed E-state index contributed by atoms with van der Waals surface area (Å²) in [5, 5.41) is 3.10. The van der Waals surface area contributed by atoms with E-state index in [9.17, 15) is 9.59 Å². The van der Waals surface area contributed by atoms with Crippen molar-refractivity contribution in [2.45, 2.75) is 31.2 Å². The van der Waals surface area contributed by atoms with Crippen molar-refractivity contribution >= 4 is 22.8 Å². The van der Waals surface area contributed by atoms with Crippen LogP contribution in [0.15, 0.2) is 5.11 Å². The first kappa shape index (κ1) is 13.8. The Bertz CT molecular complexity index is 356. The highest BCUT2D eigenvalue weighted by Gasteiger charge is 2.37. The summed E-state index contributed by atoms with van der Waals surface area (Å²) in [4.78, 5) is 24.8. The van der Waals surface area contributed by atoms with Gasteiger partial charge in [0.2, 0.25) is 0 Å². The van der Waals surface area contributed by atoms with E-state index in [1.54, 1.807) is 0 Å². The molecule has 0 aromatic carbocycles. The van der Waals surface area contributed by atoms with Gasteiger partial charge in [-0.2, -0.15) is 0 Å². The second-order valence-electron chi connectivity index (χ2n) is 3.53. The van der Waals surface area contributed by atoms with Crippen LogP contribution in [0.2, 0.25) is 0 Å². The minimum atomic E-state index is -0.619. The molecule has 3 atom stereocenters. The molecule has 94 valence electrons. The van der Waals surface area contributed by atoms with Crippen LogP contribution in [0.3, 0.4) is 0 Å². The predicted molar refractivity (Wildman–Crippen MR) is 61.4 cm³/mol. The van der Waals surface area contributed by atoms with Crippen molar-refractivity contribution < 1.29 is 19.1 Å². The van der Waals surface area contributed by atoms with Crippen LogP contribution in [-0.4, -0.2) is 41.7 Å². The molecule has 0 amide bonds. The van der Waals surface area contributed by atoms with Gasteiger partial charge in [0, 0.05) is 18.8 Å². The summed E-state index contributed by atoms with van der Waals surface area (Å²) in [6.07, 6.45) is -0.619. The number of carbonyl (C=O) groups excluding carboxylic acids is 2. The quantitative estimate of drug-likeness (QED) is 0.329. The van der Waals surface area contributed by atoms with Crippen molar-refractivity contribution in [2.75, 3.05) is 13.2 Å². The number of carbonyl (C=O) groups is 2. The Balaban J connectivity index is 2.81. The lowest BCUT2D eigenvalue weighted by Gasteiger charge is -2.34. The fourth-order valence-electron chi connectivity index (χ4n) is 1.57. The summed E-state index contributed by atoms with van der Waals surface area (Å²) in [5.41, 5.74) is 8.43. The van der Waals surface area contributed by atoms with E-state index < -0.39 is 18.1 Å². The monoisotopic (exact) mass is 259 g/mol. The summed E-state index contributed by atoms with van der Waals surface area (Å²) in [6.45, 7) is 3.18. The smallest absolute Gasteiger partial charge is 0.302 e. The Morgan fingerprint density at radius 1 is 1.47 bits per heavy atom. The van der Waals surface area contributed by atoms with Gasteiger partial charge in [0.05, 0.1) is 24.5 Å². The van der Waals surface area contributed by atoms with Crippen LogP contribution in [0.5, 0.6) is 0 Å². The Kier molecular flexibility index (Phi) is 5.27. The zero-order valence-electron chi connectivity index (χ0n) is 9.53. The second-order valence-corrected chi connectivity index (χ2v) is 4.95. The zero-order valence-corrected chi connectivity index (χ0v) is 10.3. The molecule has 0 radical (unpaired) electrons. The zero-order chi connectivity index (χ0) is 12.8. The topological polar surface area (TPSA) is 101 Å². The molecule has 0 aromatic heterocycles. The molecule has 0 unspecified atom stereocenters. The van der Waals surface area contributed by atoms with Crippen molar-refractivity contribution in [3.63, 3.8) is 0 Å². The highest BCUT2D eigenvalue weighted by molar-refractivity contribution is 8.14. The molecule has 1 rings (SSSR count). The van der Waals surface area contributed by atoms with Crippen LogP contribution in [-0.2, 0) is 19.1 Å². The van der Waals surface area contributed by atoms with Gasteiger partial charge in [0.1, 0.15) is 6.10 Å². The van der Waals surface area contributed by atoms with Crippen molar-refractivity contribution in [3.8, 4) is 0 Å². The number of hydrogen-bond donors (Lipinski definition) is 0. The van der Waals surface area contributed by atoms with Crippen LogP contribution in [0.25, 0.3) is 10.4 Å². The fraction of sp³-hybridized carbons (Fsp3) is 0.778. The van der Waals surface area contributed by atoms with Gasteiger partial charge in [0.15, 0.2) is 5.12 Å². The number of ether oxygens (including phenoxy) is 2. The average Bonchev–Trinajstić information content (AvgIpc) is 2.21. The van der Waals surface area contributed by atoms with Crippen molar-refractivity contribution in [3.05, 3.63) is 10.4 Å². The lowest BCUT2D eigenvalue weighted by atomic mass is 10.1. The minimum Gasteiger partial charge on any atom is -0.461 e. The van der Waals surface area contributed by atoms with E-state index in [1.807, 2.05) is 0 Å². The first-order chi connectivity index (χ1) is 8.04. The molecule has 1 aliphatic rings. The lowest BCUT2D eigenvalue weighted by Crippen LogP contribution is -2.47. The summed E-state index contributed by atoms with van der Waals surface area (Å²) in [5.74, 6) is -0.468. The summed E-state index contributed by atoms with van der Waals surface area (Å²) >= 11 is 1.03. The van der Waals surface area contributed by atoms with Gasteiger partial charge in [-0.1, -0.05) is 16.9 Å². The standard InChI is InChI=1S/C9H13N3O4S/c1-5(13)16-9-7(11-12-10)3-15-4-8(9)17-6(2)14/h7-9H,3-4H2,1-2H3/t7-,8+,9+/m0/s1. The molecule has 0 spiro atoms. The van der Waals surface area contributed by atoms with Gasteiger partial charge in [0.25, 0.3) is 0 Å². The summed E-state index contributed by atoms with van der Waals surface area (Å²) in [7, 11) is 0. The summed E-state index contributed by atoms with van der Waals surface area (Å²) in [6, 6.07) is -0.588. The number of azide groups is 1. The van der Waals surface area contributed by atoms with E-state index in [2.05, 4.69) is 10.0 Å². The molecule has 0 saturated carbocycles. The highest BCUT2D eigenvalue weighted by atomic mass is 32.2. The molecule has 7 nitrogen and oxygen atoms in total. The van der Waals surface area contributed by atoms with Gasteiger partial charge < -0.3 is 9.47 Å². The first-order valence-electron chi connectivity index (χ1n) is 5.01. The maximum atomic E-state index is 11.1. The van der Waals surface area contributed by atoms with Crippen LogP contribution in [0.1, 0.15) is 13.8 Å². The first-order valence-corrected chi connectivity index (χ1v) is 5.89. The maximum absolute atomic E-state index is 11.1. The molecule has 0 aliphatic carbocycles. The Hall–Kier alpha value is -1.24. The van der Waals surface area contributed by atoms with Crippen molar-refractivity contribution in [2.24, 2.45) is 5.11 Å². The molecule has 0 N–H and O–H groups in total. The molecule has 0 bridgehead atoms. The Morgan fingerprint density at radius 2 is 2.18 bits per heavy atom. The van der Waals surface area contributed by atoms with E-state index in [0.717, 1.165) is 11.8 Å². The molecule has 1 aliphatic heterocycles. The maximum Gasteiger partial charge on any atom is 0.302 e. The molecular weight excluding hydrogens is 246 g/mol. The van der Waals surface area contributed by atoms with Gasteiger partial charge in [-0.25, -0.2) is 0 Å². The minimum absolute atomic E-state index is 0.0997. The number of rotatable bonds is 3. The van der Waals surface area contributed by atoms with Gasteiger partial charge in [-0.3, -0.25) is 9.59 Å². The van der Waals surface area contributed by atoms with E-state index in [4.69, 9.17) is 15.0 Å². The predicted octanol–water partition coefficient (Wildman–Crippen LogP) is 1.28. The van der Waals surface area contributed by atoms with Crippen molar-refractivity contribution in [1.82, 2.24) is 0 Å². The number of nitrogens with zero attached hydrogens (tertiary/aromatic N) is 3.